The molecule has 0 unspecified atom stereocenters. The summed E-state index contributed by atoms with van der Waals surface area (Å²) in [5, 5.41) is 12.2. The molecule has 0 aromatic heterocycles. The topological polar surface area (TPSA) is 88.1 Å². The van der Waals surface area contributed by atoms with Crippen molar-refractivity contribution in [3.05, 3.63) is 23.8 Å². The number of hydrogen-bond acceptors (Lipinski definition) is 5. The zero-order chi connectivity index (χ0) is 13.7. The summed E-state index contributed by atoms with van der Waals surface area (Å²) in [5.41, 5.74) is 6.36. The van der Waals surface area contributed by atoms with Crippen molar-refractivity contribution < 1.29 is 9.53 Å². The van der Waals surface area contributed by atoms with Crippen LogP contribution in [0.2, 0.25) is 0 Å². The smallest absolute Gasteiger partial charge is 0.311 e. The SMILES string of the molecule is N#Cc1cc(N)ccc1OC(=O)CC1CCNCC1. The van der Waals surface area contributed by atoms with E-state index < -0.39 is 0 Å². The van der Waals surface area contributed by atoms with E-state index in [0.29, 0.717) is 23.6 Å². The van der Waals surface area contributed by atoms with Gasteiger partial charge in [0.1, 0.15) is 11.8 Å². The number of anilines is 1. The summed E-state index contributed by atoms with van der Waals surface area (Å²) in [4.78, 5) is 11.9. The van der Waals surface area contributed by atoms with Crippen LogP contribution in [0.1, 0.15) is 24.8 Å². The molecule has 19 heavy (non-hydrogen) atoms. The molecule has 0 radical (unpaired) electrons. The Kier molecular flexibility index (Phi) is 4.37. The lowest BCUT2D eigenvalue weighted by atomic mass is 9.95. The second-order valence-corrected chi connectivity index (χ2v) is 4.74. The van der Waals surface area contributed by atoms with Crippen LogP contribution < -0.4 is 15.8 Å². The summed E-state index contributed by atoms with van der Waals surface area (Å²) in [6.07, 6.45) is 2.38. The molecule has 1 aliphatic rings. The van der Waals surface area contributed by atoms with Gasteiger partial charge in [-0.2, -0.15) is 5.26 Å². The van der Waals surface area contributed by atoms with Gasteiger partial charge in [-0.1, -0.05) is 0 Å². The number of nitrogens with one attached hydrogen (secondary N) is 1. The molecule has 5 nitrogen and oxygen atoms in total. The number of piperidine rings is 1. The van der Waals surface area contributed by atoms with E-state index in [1.807, 2.05) is 6.07 Å². The molecule has 1 saturated heterocycles. The average Bonchev–Trinajstić information content (AvgIpc) is 2.42. The molecular weight excluding hydrogens is 242 g/mol. The van der Waals surface area contributed by atoms with Crippen LogP contribution in [0.5, 0.6) is 5.75 Å². The van der Waals surface area contributed by atoms with Crippen LogP contribution in [-0.4, -0.2) is 19.1 Å². The van der Waals surface area contributed by atoms with E-state index in [-0.39, 0.29) is 11.7 Å². The predicted molar refractivity (Wildman–Crippen MR) is 71.4 cm³/mol. The first-order valence-corrected chi connectivity index (χ1v) is 6.40. The Bertz CT molecular complexity index is 502. The van der Waals surface area contributed by atoms with Crippen molar-refractivity contribution in [2.75, 3.05) is 18.8 Å². The number of nitrogens with two attached hydrogens (primary N) is 1. The lowest BCUT2D eigenvalue weighted by Gasteiger charge is -2.21. The summed E-state index contributed by atoms with van der Waals surface area (Å²) in [6, 6.07) is 6.67. The van der Waals surface area contributed by atoms with Crippen LogP contribution >= 0.6 is 0 Å². The Labute approximate surface area is 112 Å². The third-order valence-corrected chi connectivity index (χ3v) is 3.26. The lowest BCUT2D eigenvalue weighted by Crippen LogP contribution is -2.29. The first-order chi connectivity index (χ1) is 9.19. The number of benzene rings is 1. The van der Waals surface area contributed by atoms with E-state index >= 15 is 0 Å². The highest BCUT2D eigenvalue weighted by molar-refractivity contribution is 5.74. The van der Waals surface area contributed by atoms with Crippen LogP contribution in [0.25, 0.3) is 0 Å². The Balaban J connectivity index is 1.97. The molecule has 1 aromatic carbocycles. The largest absolute Gasteiger partial charge is 0.425 e. The number of rotatable bonds is 3. The quantitative estimate of drug-likeness (QED) is 0.487. The minimum atomic E-state index is -0.284. The molecule has 1 heterocycles. The minimum absolute atomic E-state index is 0.284. The Morgan fingerprint density at radius 3 is 2.89 bits per heavy atom. The number of nitrogen functional groups attached to an aromatic ring is 1. The van der Waals surface area contributed by atoms with Crippen molar-refractivity contribution in [1.29, 1.82) is 5.26 Å². The average molecular weight is 259 g/mol. The van der Waals surface area contributed by atoms with E-state index in [2.05, 4.69) is 5.32 Å². The van der Waals surface area contributed by atoms with Gasteiger partial charge in [0.2, 0.25) is 0 Å². The van der Waals surface area contributed by atoms with Crippen LogP contribution in [0, 0.1) is 17.2 Å². The highest BCUT2D eigenvalue weighted by Gasteiger charge is 2.18. The molecule has 1 aromatic rings. The van der Waals surface area contributed by atoms with Crippen LogP contribution in [0.15, 0.2) is 18.2 Å². The van der Waals surface area contributed by atoms with Gasteiger partial charge in [0.25, 0.3) is 0 Å². The van der Waals surface area contributed by atoms with Gasteiger partial charge in [-0.05, 0) is 50.0 Å². The molecule has 2 rings (SSSR count). The maximum absolute atomic E-state index is 11.9. The third kappa shape index (κ3) is 3.70. The van der Waals surface area contributed by atoms with Crippen LogP contribution in [0.3, 0.4) is 0 Å². The van der Waals surface area contributed by atoms with Crippen LogP contribution in [0.4, 0.5) is 5.69 Å². The maximum atomic E-state index is 11.9. The fourth-order valence-corrected chi connectivity index (χ4v) is 2.21. The number of carbonyl (C=O) groups is 1. The summed E-state index contributed by atoms with van der Waals surface area (Å²) < 4.78 is 5.26. The summed E-state index contributed by atoms with van der Waals surface area (Å²) in [7, 11) is 0. The van der Waals surface area contributed by atoms with E-state index in [9.17, 15) is 4.79 Å². The molecule has 3 N–H and O–H groups in total. The number of nitrogens with zero attached hydrogens (tertiary/aromatic N) is 1. The standard InChI is InChI=1S/C14H17N3O2/c15-9-11-8-12(16)1-2-13(11)19-14(18)7-10-3-5-17-6-4-10/h1-2,8,10,17H,3-7,16H2. The Hall–Kier alpha value is -2.06. The Morgan fingerprint density at radius 1 is 1.47 bits per heavy atom. The van der Waals surface area contributed by atoms with E-state index in [0.717, 1.165) is 25.9 Å². The molecule has 0 saturated carbocycles. The van der Waals surface area contributed by atoms with Gasteiger partial charge >= 0.3 is 5.97 Å². The molecule has 1 aliphatic heterocycles. The number of esters is 1. The molecule has 100 valence electrons. The minimum Gasteiger partial charge on any atom is -0.425 e. The number of carbonyl (C=O) groups excluding carboxylic acids is 1. The zero-order valence-electron chi connectivity index (χ0n) is 10.7. The summed E-state index contributed by atoms with van der Waals surface area (Å²) >= 11 is 0. The second kappa shape index (κ2) is 6.21. The van der Waals surface area contributed by atoms with Crippen molar-refractivity contribution in [3.63, 3.8) is 0 Å². The van der Waals surface area contributed by atoms with Gasteiger partial charge in [0, 0.05) is 12.1 Å². The molecular formula is C14H17N3O2. The molecule has 5 heteroatoms. The molecule has 0 aliphatic carbocycles. The number of hydrogen-bond donors (Lipinski definition) is 2. The molecule has 0 atom stereocenters. The summed E-state index contributed by atoms with van der Waals surface area (Å²) in [6.45, 7) is 1.90. The monoisotopic (exact) mass is 259 g/mol. The van der Waals surface area contributed by atoms with Gasteiger partial charge in [-0.15, -0.1) is 0 Å². The molecule has 0 amide bonds. The van der Waals surface area contributed by atoms with Crippen molar-refractivity contribution in [1.82, 2.24) is 5.32 Å². The van der Waals surface area contributed by atoms with Crippen LogP contribution in [-0.2, 0) is 4.79 Å². The highest BCUT2D eigenvalue weighted by atomic mass is 16.5. The normalized spacial score (nSPS) is 15.7. The highest BCUT2D eigenvalue weighted by Crippen LogP contribution is 2.22. The van der Waals surface area contributed by atoms with Crippen molar-refractivity contribution in [2.24, 2.45) is 5.92 Å². The first-order valence-electron chi connectivity index (χ1n) is 6.40. The third-order valence-electron chi connectivity index (χ3n) is 3.26. The first kappa shape index (κ1) is 13.4. The van der Waals surface area contributed by atoms with Gasteiger partial charge in [-0.3, -0.25) is 4.79 Å². The zero-order valence-corrected chi connectivity index (χ0v) is 10.7. The van der Waals surface area contributed by atoms with Gasteiger partial charge < -0.3 is 15.8 Å². The van der Waals surface area contributed by atoms with Crippen molar-refractivity contribution in [3.8, 4) is 11.8 Å². The fraction of sp³-hybridized carbons (Fsp3) is 0.429. The van der Waals surface area contributed by atoms with E-state index in [1.165, 1.54) is 6.07 Å². The molecule has 1 fully saturated rings. The predicted octanol–water partition coefficient (Wildman–Crippen LogP) is 1.44. The van der Waals surface area contributed by atoms with E-state index in [4.69, 9.17) is 15.7 Å². The molecule has 0 bridgehead atoms. The fourth-order valence-electron chi connectivity index (χ4n) is 2.21. The number of nitriles is 1. The van der Waals surface area contributed by atoms with Gasteiger partial charge in [0.15, 0.2) is 0 Å². The van der Waals surface area contributed by atoms with Gasteiger partial charge in [0.05, 0.1) is 5.56 Å². The maximum Gasteiger partial charge on any atom is 0.311 e. The van der Waals surface area contributed by atoms with Crippen molar-refractivity contribution >= 4 is 11.7 Å². The summed E-state index contributed by atoms with van der Waals surface area (Å²) in [5.74, 6) is 0.372. The second-order valence-electron chi connectivity index (χ2n) is 4.74. The van der Waals surface area contributed by atoms with Gasteiger partial charge in [-0.25, -0.2) is 0 Å². The van der Waals surface area contributed by atoms with Crippen molar-refractivity contribution in [2.45, 2.75) is 19.3 Å². The molecule has 0 spiro atoms. The Morgan fingerprint density at radius 2 is 2.21 bits per heavy atom. The number of ether oxygens (including phenoxy) is 1. The lowest BCUT2D eigenvalue weighted by molar-refractivity contribution is -0.135. The van der Waals surface area contributed by atoms with E-state index in [1.54, 1.807) is 12.1 Å².